The second-order valence-corrected chi connectivity index (χ2v) is 9.70. The normalized spacial score (nSPS) is 13.5. The van der Waals surface area contributed by atoms with E-state index in [4.69, 9.17) is 22.6 Å². The highest BCUT2D eigenvalue weighted by molar-refractivity contribution is 7.78. The topological polar surface area (TPSA) is 99.7 Å². The number of nitrogens with two attached hydrogens (primary N) is 1. The number of aromatic amines is 1. The first kappa shape index (κ1) is 19.9. The highest BCUT2D eigenvalue weighted by Gasteiger charge is 2.33. The van der Waals surface area contributed by atoms with E-state index in [1.54, 1.807) is 18.2 Å². The minimum Gasteiger partial charge on any atom is -0.364 e. The van der Waals surface area contributed by atoms with Crippen LogP contribution in [0.15, 0.2) is 36.4 Å². The molecule has 0 radical (unpaired) electrons. The summed E-state index contributed by atoms with van der Waals surface area (Å²) in [5.74, 6) is -1.61. The second kappa shape index (κ2) is 7.27. The molecule has 1 unspecified atom stereocenters. The molecule has 1 aromatic heterocycles. The summed E-state index contributed by atoms with van der Waals surface area (Å²) in [6, 6.07) is 9.93. The Balaban J connectivity index is 2.37. The molecule has 0 saturated carbocycles. The number of amides is 1. The van der Waals surface area contributed by atoms with E-state index in [2.05, 4.69) is 4.98 Å². The predicted molar refractivity (Wildman–Crippen MR) is 110 cm³/mol. The van der Waals surface area contributed by atoms with Crippen LogP contribution < -0.4 is 16.3 Å². The molecular formula is C20H16ClFN3O2P. The lowest BCUT2D eigenvalue weighted by Gasteiger charge is -2.16. The minimum absolute atomic E-state index is 0.0100. The number of benzene rings is 2. The third-order valence-corrected chi connectivity index (χ3v) is 7.26. The molecule has 142 valence electrons. The van der Waals surface area contributed by atoms with Crippen LogP contribution in [-0.4, -0.2) is 17.6 Å². The lowest BCUT2D eigenvalue weighted by molar-refractivity contribution is 0.0997. The van der Waals surface area contributed by atoms with Crippen molar-refractivity contribution in [2.45, 2.75) is 6.92 Å². The first-order valence-electron chi connectivity index (χ1n) is 8.22. The van der Waals surface area contributed by atoms with Crippen molar-refractivity contribution in [3.05, 3.63) is 64.1 Å². The number of allylic oxidation sites excluding steroid dienone is 1. The van der Waals surface area contributed by atoms with Gasteiger partial charge in [-0.2, -0.15) is 5.26 Å². The molecule has 3 N–H and O–H groups in total. The van der Waals surface area contributed by atoms with Crippen LogP contribution >= 0.6 is 18.7 Å². The quantitative estimate of drug-likeness (QED) is 0.500. The molecule has 0 aliphatic heterocycles. The van der Waals surface area contributed by atoms with Crippen LogP contribution in [0.5, 0.6) is 0 Å². The average molecular weight is 416 g/mol. The molecule has 3 aromatic rings. The Morgan fingerprint density at radius 2 is 2.07 bits per heavy atom. The van der Waals surface area contributed by atoms with Crippen LogP contribution in [0, 0.1) is 24.1 Å². The van der Waals surface area contributed by atoms with Crippen molar-refractivity contribution in [2.75, 3.05) is 6.66 Å². The lowest BCUT2D eigenvalue weighted by atomic mass is 10.1. The number of aryl methyl sites for hydroxylation is 1. The summed E-state index contributed by atoms with van der Waals surface area (Å²) in [6.45, 7) is 3.27. The van der Waals surface area contributed by atoms with Gasteiger partial charge in [0.15, 0.2) is 5.82 Å². The van der Waals surface area contributed by atoms with Crippen LogP contribution in [0.1, 0.15) is 21.6 Å². The fourth-order valence-electron chi connectivity index (χ4n) is 3.21. The predicted octanol–water partition coefficient (Wildman–Crippen LogP) is 3.85. The molecule has 8 heteroatoms. The Hall–Kier alpha value is -2.87. The zero-order chi connectivity index (χ0) is 20.6. The number of halogens is 2. The largest absolute Gasteiger partial charge is 0.364 e. The van der Waals surface area contributed by atoms with Gasteiger partial charge in [-0.3, -0.25) is 4.79 Å². The monoisotopic (exact) mass is 415 g/mol. The summed E-state index contributed by atoms with van der Waals surface area (Å²) in [7, 11) is -3.47. The van der Waals surface area contributed by atoms with Gasteiger partial charge >= 0.3 is 0 Å². The SMILES string of the molecule is Cc1cc(/C=C/C#N)cc(P(C)(=O)c2c(C(N)=O)[nH]c3ccc(Cl)c(F)c23)c1. The molecule has 2 aromatic carbocycles. The number of hydrogen-bond acceptors (Lipinski definition) is 3. The summed E-state index contributed by atoms with van der Waals surface area (Å²) in [6.07, 6.45) is 2.89. The van der Waals surface area contributed by atoms with Crippen molar-refractivity contribution in [1.82, 2.24) is 4.98 Å². The van der Waals surface area contributed by atoms with E-state index in [-0.39, 0.29) is 26.9 Å². The number of carbonyl (C=O) groups excluding carboxylic acids is 1. The maximum atomic E-state index is 14.8. The number of nitrogens with zero attached hydrogens (tertiary/aromatic N) is 1. The molecule has 5 nitrogen and oxygen atoms in total. The number of fused-ring (bicyclic) bond motifs is 1. The molecule has 0 fully saturated rings. The first-order valence-corrected chi connectivity index (χ1v) is 10.8. The molecule has 0 spiro atoms. The van der Waals surface area contributed by atoms with Gasteiger partial charge in [-0.05, 0) is 55.1 Å². The molecule has 0 saturated heterocycles. The summed E-state index contributed by atoms with van der Waals surface area (Å²) in [5.41, 5.74) is 7.11. The lowest BCUT2D eigenvalue weighted by Crippen LogP contribution is -2.25. The number of nitrogens with one attached hydrogen (secondary N) is 1. The Kier molecular flexibility index (Phi) is 5.16. The molecule has 0 aliphatic carbocycles. The van der Waals surface area contributed by atoms with Gasteiger partial charge in [-0.1, -0.05) is 17.7 Å². The number of hydrogen-bond donors (Lipinski definition) is 2. The Labute approximate surface area is 166 Å². The van der Waals surface area contributed by atoms with E-state index in [9.17, 15) is 13.8 Å². The first-order chi connectivity index (χ1) is 13.2. The molecule has 1 heterocycles. The van der Waals surface area contributed by atoms with Crippen molar-refractivity contribution < 1.29 is 13.8 Å². The Morgan fingerprint density at radius 1 is 1.36 bits per heavy atom. The van der Waals surface area contributed by atoms with E-state index in [0.717, 1.165) is 5.56 Å². The highest BCUT2D eigenvalue weighted by atomic mass is 35.5. The third-order valence-electron chi connectivity index (χ3n) is 4.43. The van der Waals surface area contributed by atoms with Gasteiger partial charge in [0.25, 0.3) is 5.91 Å². The van der Waals surface area contributed by atoms with E-state index in [0.29, 0.717) is 10.9 Å². The highest BCUT2D eigenvalue weighted by Crippen LogP contribution is 2.44. The van der Waals surface area contributed by atoms with Crippen LogP contribution in [0.4, 0.5) is 4.39 Å². The number of nitriles is 1. The fourth-order valence-corrected chi connectivity index (χ4v) is 5.71. The molecule has 1 atom stereocenters. The fraction of sp³-hybridized carbons (Fsp3) is 0.100. The molecule has 28 heavy (non-hydrogen) atoms. The zero-order valence-corrected chi connectivity index (χ0v) is 16.7. The summed E-state index contributed by atoms with van der Waals surface area (Å²) < 4.78 is 28.8. The number of primary amides is 1. The maximum absolute atomic E-state index is 14.8. The Morgan fingerprint density at radius 3 is 2.71 bits per heavy atom. The number of aromatic nitrogens is 1. The molecular weight excluding hydrogens is 400 g/mol. The van der Waals surface area contributed by atoms with E-state index < -0.39 is 18.9 Å². The smallest absolute Gasteiger partial charge is 0.265 e. The van der Waals surface area contributed by atoms with Gasteiger partial charge in [0.05, 0.1) is 16.4 Å². The standard InChI is InChI=1S/C20H16ClFN3O2P/c1-11-8-12(4-3-7-23)10-13(9-11)28(2,27)19-16-15(25-18(19)20(24)26)6-5-14(21)17(16)22/h3-6,8-10,25H,1-2H3,(H2,24,26)/b4-3+. The average Bonchev–Trinajstić information content (AvgIpc) is 3.04. The summed E-state index contributed by atoms with van der Waals surface area (Å²) in [5, 5.41) is 9.01. The van der Waals surface area contributed by atoms with Crippen LogP contribution in [0.25, 0.3) is 17.0 Å². The van der Waals surface area contributed by atoms with Crippen molar-refractivity contribution >= 4 is 52.2 Å². The molecule has 1 amide bonds. The van der Waals surface area contributed by atoms with Crippen molar-refractivity contribution in [3.63, 3.8) is 0 Å². The maximum Gasteiger partial charge on any atom is 0.265 e. The van der Waals surface area contributed by atoms with E-state index in [1.165, 1.54) is 24.9 Å². The van der Waals surface area contributed by atoms with Gasteiger partial charge in [-0.25, -0.2) is 4.39 Å². The second-order valence-electron chi connectivity index (χ2n) is 6.49. The van der Waals surface area contributed by atoms with Gasteiger partial charge in [0, 0.05) is 22.3 Å². The van der Waals surface area contributed by atoms with E-state index >= 15 is 0 Å². The van der Waals surface area contributed by atoms with Crippen molar-refractivity contribution in [2.24, 2.45) is 5.73 Å². The minimum atomic E-state index is -3.47. The molecule has 0 bridgehead atoms. The number of carbonyl (C=O) groups is 1. The van der Waals surface area contributed by atoms with Crippen LogP contribution in [0.2, 0.25) is 5.02 Å². The number of H-pyrrole nitrogens is 1. The summed E-state index contributed by atoms with van der Waals surface area (Å²) in [4.78, 5) is 14.8. The van der Waals surface area contributed by atoms with Crippen molar-refractivity contribution in [3.8, 4) is 6.07 Å². The van der Waals surface area contributed by atoms with E-state index in [1.807, 2.05) is 19.1 Å². The van der Waals surface area contributed by atoms with Gasteiger partial charge in [-0.15, -0.1) is 0 Å². The van der Waals surface area contributed by atoms with Crippen LogP contribution in [0.3, 0.4) is 0 Å². The molecule has 0 aliphatic rings. The Bertz CT molecular complexity index is 1240. The van der Waals surface area contributed by atoms with Gasteiger partial charge in [0.2, 0.25) is 0 Å². The van der Waals surface area contributed by atoms with Gasteiger partial charge < -0.3 is 15.3 Å². The van der Waals surface area contributed by atoms with Crippen LogP contribution in [-0.2, 0) is 4.57 Å². The summed E-state index contributed by atoms with van der Waals surface area (Å²) >= 11 is 5.92. The third kappa shape index (κ3) is 3.35. The van der Waals surface area contributed by atoms with Gasteiger partial charge in [0.1, 0.15) is 12.8 Å². The zero-order valence-electron chi connectivity index (χ0n) is 15.1. The molecule has 3 rings (SSSR count). The number of rotatable bonds is 4. The van der Waals surface area contributed by atoms with Crippen molar-refractivity contribution in [1.29, 1.82) is 5.26 Å².